The van der Waals surface area contributed by atoms with Gasteiger partial charge < -0.3 is 0 Å². The number of hydrogen-bond donors (Lipinski definition) is 0. The molecular formula is C16H17N5. The van der Waals surface area contributed by atoms with E-state index in [-0.39, 0.29) is 0 Å². The zero-order valence-corrected chi connectivity index (χ0v) is 12.2. The van der Waals surface area contributed by atoms with Gasteiger partial charge in [-0.15, -0.1) is 0 Å². The number of fused-ring (bicyclic) bond motifs is 3. The molecule has 0 spiro atoms. The predicted molar refractivity (Wildman–Crippen MR) is 82.5 cm³/mol. The molecule has 0 aromatic carbocycles. The van der Waals surface area contributed by atoms with Crippen molar-refractivity contribution in [2.45, 2.75) is 19.3 Å². The van der Waals surface area contributed by atoms with Gasteiger partial charge in [0.05, 0.1) is 17.9 Å². The third kappa shape index (κ3) is 1.96. The summed E-state index contributed by atoms with van der Waals surface area (Å²) in [5.41, 5.74) is 6.08. The van der Waals surface area contributed by atoms with E-state index >= 15 is 0 Å². The Hall–Kier alpha value is -2.43. The van der Waals surface area contributed by atoms with Crippen LogP contribution in [0.15, 0.2) is 24.8 Å². The first-order chi connectivity index (χ1) is 10.2. The van der Waals surface area contributed by atoms with Crippen molar-refractivity contribution < 1.29 is 0 Å². The fourth-order valence-electron chi connectivity index (χ4n) is 3.09. The van der Waals surface area contributed by atoms with Gasteiger partial charge in [0.15, 0.2) is 0 Å². The molecule has 0 saturated heterocycles. The Morgan fingerprint density at radius 1 is 1.05 bits per heavy atom. The lowest BCUT2D eigenvalue weighted by Gasteiger charge is -2.05. The molecule has 0 N–H and O–H groups in total. The van der Waals surface area contributed by atoms with Gasteiger partial charge in [0.1, 0.15) is 0 Å². The van der Waals surface area contributed by atoms with Gasteiger partial charge in [0.25, 0.3) is 0 Å². The van der Waals surface area contributed by atoms with Gasteiger partial charge in [-0.2, -0.15) is 10.2 Å². The summed E-state index contributed by atoms with van der Waals surface area (Å²) in [5.74, 6) is 0. The highest BCUT2D eigenvalue weighted by Gasteiger charge is 2.16. The van der Waals surface area contributed by atoms with E-state index in [9.17, 15) is 0 Å². The topological polar surface area (TPSA) is 48.5 Å². The largest absolute Gasteiger partial charge is 0.275 e. The molecule has 3 heterocycles. The van der Waals surface area contributed by atoms with Gasteiger partial charge in [-0.05, 0) is 30.9 Å². The number of nitrogens with zero attached hydrogens (tertiary/aromatic N) is 5. The second kappa shape index (κ2) is 4.55. The SMILES string of the molecule is Cn1cc(C2=Cc3c(ncc4cnn(C)c34)CCC2)cn1. The van der Waals surface area contributed by atoms with Crippen LogP contribution in [0.1, 0.15) is 29.7 Å². The molecule has 0 radical (unpaired) electrons. The first kappa shape index (κ1) is 12.3. The Bertz CT molecular complexity index is 853. The van der Waals surface area contributed by atoms with E-state index in [0.717, 1.165) is 24.6 Å². The lowest BCUT2D eigenvalue weighted by molar-refractivity contribution is 0.767. The molecule has 3 aromatic heterocycles. The van der Waals surface area contributed by atoms with E-state index < -0.39 is 0 Å². The summed E-state index contributed by atoms with van der Waals surface area (Å²) in [6.45, 7) is 0. The first-order valence-electron chi connectivity index (χ1n) is 7.21. The van der Waals surface area contributed by atoms with E-state index in [1.807, 2.05) is 42.0 Å². The summed E-state index contributed by atoms with van der Waals surface area (Å²) < 4.78 is 3.80. The average Bonchev–Trinajstić information content (AvgIpc) is 2.99. The number of allylic oxidation sites excluding steroid dienone is 1. The molecule has 1 aliphatic rings. The maximum absolute atomic E-state index is 4.64. The van der Waals surface area contributed by atoms with Gasteiger partial charge in [-0.25, -0.2) is 0 Å². The van der Waals surface area contributed by atoms with E-state index in [1.165, 1.54) is 27.9 Å². The van der Waals surface area contributed by atoms with Crippen molar-refractivity contribution in [2.75, 3.05) is 0 Å². The van der Waals surface area contributed by atoms with Crippen LogP contribution in [0, 0.1) is 0 Å². The molecule has 5 nitrogen and oxygen atoms in total. The molecule has 5 heteroatoms. The van der Waals surface area contributed by atoms with Crippen LogP contribution in [0.2, 0.25) is 0 Å². The van der Waals surface area contributed by atoms with Crippen LogP contribution in [0.4, 0.5) is 0 Å². The minimum absolute atomic E-state index is 1.01. The zero-order valence-electron chi connectivity index (χ0n) is 12.2. The Balaban J connectivity index is 1.96. The molecule has 106 valence electrons. The third-order valence-corrected chi connectivity index (χ3v) is 4.15. The van der Waals surface area contributed by atoms with E-state index in [4.69, 9.17) is 0 Å². The van der Waals surface area contributed by atoms with Crippen LogP contribution >= 0.6 is 0 Å². The second-order valence-electron chi connectivity index (χ2n) is 5.62. The number of aryl methyl sites for hydroxylation is 3. The second-order valence-corrected chi connectivity index (χ2v) is 5.62. The molecule has 0 fully saturated rings. The summed E-state index contributed by atoms with van der Waals surface area (Å²) in [4.78, 5) is 4.64. The molecule has 0 aliphatic heterocycles. The minimum Gasteiger partial charge on any atom is -0.275 e. The van der Waals surface area contributed by atoms with Crippen molar-refractivity contribution in [3.63, 3.8) is 0 Å². The molecule has 0 unspecified atom stereocenters. The van der Waals surface area contributed by atoms with E-state index in [1.54, 1.807) is 0 Å². The van der Waals surface area contributed by atoms with E-state index in [2.05, 4.69) is 27.5 Å². The highest BCUT2D eigenvalue weighted by molar-refractivity contribution is 5.94. The van der Waals surface area contributed by atoms with Crippen molar-refractivity contribution >= 4 is 22.6 Å². The molecule has 0 bridgehead atoms. The van der Waals surface area contributed by atoms with Crippen LogP contribution in [0.3, 0.4) is 0 Å². The lowest BCUT2D eigenvalue weighted by atomic mass is 10.0. The van der Waals surface area contributed by atoms with Crippen LogP contribution in [-0.4, -0.2) is 24.5 Å². The monoisotopic (exact) mass is 279 g/mol. The maximum atomic E-state index is 4.64. The fraction of sp³-hybridized carbons (Fsp3) is 0.312. The lowest BCUT2D eigenvalue weighted by Crippen LogP contribution is -1.97. The Morgan fingerprint density at radius 2 is 1.95 bits per heavy atom. The first-order valence-corrected chi connectivity index (χ1v) is 7.21. The molecule has 0 atom stereocenters. The van der Waals surface area contributed by atoms with Crippen LogP contribution in [0.5, 0.6) is 0 Å². The van der Waals surface area contributed by atoms with Crippen molar-refractivity contribution in [1.29, 1.82) is 0 Å². The molecule has 4 rings (SSSR count). The van der Waals surface area contributed by atoms with Gasteiger partial charge in [0, 0.05) is 48.7 Å². The van der Waals surface area contributed by atoms with Crippen molar-refractivity contribution in [3.05, 3.63) is 41.6 Å². The van der Waals surface area contributed by atoms with Crippen molar-refractivity contribution in [2.24, 2.45) is 14.1 Å². The van der Waals surface area contributed by atoms with Gasteiger partial charge in [-0.3, -0.25) is 14.3 Å². The predicted octanol–water partition coefficient (Wildman–Crippen LogP) is 2.58. The normalized spacial score (nSPS) is 14.9. The highest BCUT2D eigenvalue weighted by Crippen LogP contribution is 2.32. The van der Waals surface area contributed by atoms with Gasteiger partial charge >= 0.3 is 0 Å². The molecule has 0 amide bonds. The number of hydrogen-bond acceptors (Lipinski definition) is 3. The Kier molecular flexibility index (Phi) is 2.67. The highest BCUT2D eigenvalue weighted by atomic mass is 15.3. The zero-order chi connectivity index (χ0) is 14.4. The van der Waals surface area contributed by atoms with Crippen LogP contribution < -0.4 is 0 Å². The van der Waals surface area contributed by atoms with Gasteiger partial charge in [-0.1, -0.05) is 0 Å². The Labute approximate surface area is 122 Å². The summed E-state index contributed by atoms with van der Waals surface area (Å²) in [5, 5.41) is 9.76. The molecule has 1 aliphatic carbocycles. The fourth-order valence-corrected chi connectivity index (χ4v) is 3.09. The number of rotatable bonds is 1. The summed E-state index contributed by atoms with van der Waals surface area (Å²) in [7, 11) is 3.95. The quantitative estimate of drug-likeness (QED) is 0.688. The molecule has 0 saturated carbocycles. The van der Waals surface area contributed by atoms with Crippen molar-refractivity contribution in [1.82, 2.24) is 24.5 Å². The summed E-state index contributed by atoms with van der Waals surface area (Å²) >= 11 is 0. The minimum atomic E-state index is 1.01. The third-order valence-electron chi connectivity index (χ3n) is 4.15. The number of pyridine rings is 1. The molecule has 21 heavy (non-hydrogen) atoms. The maximum Gasteiger partial charge on any atom is 0.0785 e. The van der Waals surface area contributed by atoms with Crippen molar-refractivity contribution in [3.8, 4) is 0 Å². The molecule has 3 aromatic rings. The van der Waals surface area contributed by atoms with E-state index in [0.29, 0.717) is 0 Å². The summed E-state index contributed by atoms with van der Waals surface area (Å²) in [6.07, 6.45) is 13.3. The standard InChI is InChI=1S/C16H17N5/c1-20-10-13(9-18-20)11-4-3-5-15-14(6-11)16-12(7-17-15)8-19-21(16)2/h6-10H,3-5H2,1-2H3. The average molecular weight is 279 g/mol. The van der Waals surface area contributed by atoms with Crippen LogP contribution in [0.25, 0.3) is 22.6 Å². The van der Waals surface area contributed by atoms with Gasteiger partial charge in [0.2, 0.25) is 0 Å². The Morgan fingerprint density at radius 3 is 2.76 bits per heavy atom. The number of aromatic nitrogens is 5. The smallest absolute Gasteiger partial charge is 0.0785 e. The summed E-state index contributed by atoms with van der Waals surface area (Å²) in [6, 6.07) is 0. The van der Waals surface area contributed by atoms with Crippen LogP contribution in [-0.2, 0) is 20.5 Å². The molecular weight excluding hydrogens is 262 g/mol.